The molecule has 0 bridgehead atoms. The Morgan fingerprint density at radius 3 is 3.11 bits per heavy atom. The molecular weight excluding hydrogens is 230 g/mol. The highest BCUT2D eigenvalue weighted by Gasteiger charge is 2.28. The van der Waals surface area contributed by atoms with E-state index in [1.54, 1.807) is 4.90 Å². The molecular formula is C12H15N5O. The molecule has 1 saturated heterocycles. The monoisotopic (exact) mass is 245 g/mol. The van der Waals surface area contributed by atoms with Crippen LogP contribution in [-0.2, 0) is 11.3 Å². The summed E-state index contributed by atoms with van der Waals surface area (Å²) in [6.07, 6.45) is 0.460. The Morgan fingerprint density at radius 2 is 2.39 bits per heavy atom. The lowest BCUT2D eigenvalue weighted by molar-refractivity contribution is -0.128. The number of hydrogen-bond donors (Lipinski definition) is 1. The van der Waals surface area contributed by atoms with Gasteiger partial charge in [0.15, 0.2) is 0 Å². The molecule has 1 aromatic rings. The number of benzene rings is 1. The van der Waals surface area contributed by atoms with Gasteiger partial charge in [-0.1, -0.05) is 17.2 Å². The van der Waals surface area contributed by atoms with Gasteiger partial charge >= 0.3 is 0 Å². The summed E-state index contributed by atoms with van der Waals surface area (Å²) < 4.78 is 0. The summed E-state index contributed by atoms with van der Waals surface area (Å²) in [6.45, 7) is 1.60. The third kappa shape index (κ3) is 2.93. The molecule has 0 aliphatic carbocycles. The number of amides is 1. The standard InChI is InChI=1S/C12H15N5O/c13-11-3-1-2-9(4-11)7-17-8-10(5-12(17)18)6-15-16-14/h1-4,10H,5-8,13H2. The van der Waals surface area contributed by atoms with Gasteiger partial charge in [-0.2, -0.15) is 0 Å². The molecule has 1 fully saturated rings. The minimum absolute atomic E-state index is 0.107. The van der Waals surface area contributed by atoms with Crippen LogP contribution in [0.2, 0.25) is 0 Å². The van der Waals surface area contributed by atoms with E-state index in [2.05, 4.69) is 10.0 Å². The van der Waals surface area contributed by atoms with Crippen LogP contribution < -0.4 is 5.73 Å². The summed E-state index contributed by atoms with van der Waals surface area (Å²) in [6, 6.07) is 7.51. The average molecular weight is 245 g/mol. The van der Waals surface area contributed by atoms with Gasteiger partial charge in [-0.15, -0.1) is 0 Å². The second-order valence-electron chi connectivity index (χ2n) is 4.50. The second-order valence-corrected chi connectivity index (χ2v) is 4.50. The number of nitrogens with zero attached hydrogens (tertiary/aromatic N) is 4. The van der Waals surface area contributed by atoms with Gasteiger partial charge in [0.05, 0.1) is 0 Å². The molecule has 0 spiro atoms. The number of azide groups is 1. The van der Waals surface area contributed by atoms with Crippen molar-refractivity contribution in [3.63, 3.8) is 0 Å². The molecule has 94 valence electrons. The van der Waals surface area contributed by atoms with E-state index in [-0.39, 0.29) is 11.8 Å². The summed E-state index contributed by atoms with van der Waals surface area (Å²) in [4.78, 5) is 16.3. The molecule has 6 heteroatoms. The van der Waals surface area contributed by atoms with Crippen LogP contribution in [0.15, 0.2) is 29.4 Å². The van der Waals surface area contributed by atoms with Crippen molar-refractivity contribution < 1.29 is 4.79 Å². The fourth-order valence-electron chi connectivity index (χ4n) is 2.19. The Morgan fingerprint density at radius 1 is 1.56 bits per heavy atom. The number of likely N-dealkylation sites (tertiary alicyclic amines) is 1. The van der Waals surface area contributed by atoms with Crippen LogP contribution in [0.1, 0.15) is 12.0 Å². The van der Waals surface area contributed by atoms with E-state index in [0.717, 1.165) is 5.56 Å². The van der Waals surface area contributed by atoms with Crippen molar-refractivity contribution in [2.45, 2.75) is 13.0 Å². The van der Waals surface area contributed by atoms with E-state index >= 15 is 0 Å². The van der Waals surface area contributed by atoms with E-state index in [9.17, 15) is 4.79 Å². The molecule has 18 heavy (non-hydrogen) atoms. The van der Waals surface area contributed by atoms with Crippen LogP contribution in [0.4, 0.5) is 5.69 Å². The van der Waals surface area contributed by atoms with Crippen LogP contribution in [0.5, 0.6) is 0 Å². The Hall–Kier alpha value is -2.20. The van der Waals surface area contributed by atoms with E-state index in [1.807, 2.05) is 24.3 Å². The van der Waals surface area contributed by atoms with Crippen LogP contribution in [0.25, 0.3) is 10.4 Å². The molecule has 2 rings (SSSR count). The first-order valence-corrected chi connectivity index (χ1v) is 5.82. The second kappa shape index (κ2) is 5.42. The summed E-state index contributed by atoms with van der Waals surface area (Å²) in [5, 5.41) is 3.53. The van der Waals surface area contributed by atoms with Gasteiger partial charge in [0.25, 0.3) is 0 Å². The number of rotatable bonds is 4. The lowest BCUT2D eigenvalue weighted by Crippen LogP contribution is -2.24. The van der Waals surface area contributed by atoms with E-state index in [4.69, 9.17) is 11.3 Å². The van der Waals surface area contributed by atoms with Crippen molar-refractivity contribution in [1.29, 1.82) is 0 Å². The zero-order valence-corrected chi connectivity index (χ0v) is 9.99. The molecule has 1 aromatic carbocycles. The van der Waals surface area contributed by atoms with Crippen LogP contribution in [-0.4, -0.2) is 23.9 Å². The molecule has 2 N–H and O–H groups in total. The predicted molar refractivity (Wildman–Crippen MR) is 68.4 cm³/mol. The maximum atomic E-state index is 11.8. The molecule has 6 nitrogen and oxygen atoms in total. The fourth-order valence-corrected chi connectivity index (χ4v) is 2.19. The van der Waals surface area contributed by atoms with Crippen molar-refractivity contribution in [2.24, 2.45) is 11.0 Å². The number of nitrogen functional groups attached to an aromatic ring is 1. The van der Waals surface area contributed by atoms with Crippen LogP contribution >= 0.6 is 0 Å². The van der Waals surface area contributed by atoms with Gasteiger partial charge < -0.3 is 10.6 Å². The molecule has 0 saturated carbocycles. The van der Waals surface area contributed by atoms with E-state index < -0.39 is 0 Å². The van der Waals surface area contributed by atoms with Gasteiger partial charge in [-0.25, -0.2) is 0 Å². The highest BCUT2D eigenvalue weighted by molar-refractivity contribution is 5.78. The number of anilines is 1. The van der Waals surface area contributed by atoms with E-state index in [1.165, 1.54) is 0 Å². The quantitative estimate of drug-likeness (QED) is 0.379. The molecule has 0 aromatic heterocycles. The topological polar surface area (TPSA) is 95.1 Å². The predicted octanol–water partition coefficient (Wildman–Crippen LogP) is 1.93. The number of carbonyl (C=O) groups is 1. The van der Waals surface area contributed by atoms with Crippen molar-refractivity contribution in [1.82, 2.24) is 4.90 Å². The Balaban J connectivity index is 1.98. The lowest BCUT2D eigenvalue weighted by Gasteiger charge is -2.16. The first-order chi connectivity index (χ1) is 8.69. The molecule has 1 aliphatic heterocycles. The van der Waals surface area contributed by atoms with Crippen molar-refractivity contribution in [2.75, 3.05) is 18.8 Å². The van der Waals surface area contributed by atoms with Crippen LogP contribution in [0.3, 0.4) is 0 Å². The largest absolute Gasteiger partial charge is 0.399 e. The first-order valence-electron chi connectivity index (χ1n) is 5.82. The number of carbonyl (C=O) groups excluding carboxylic acids is 1. The highest BCUT2D eigenvalue weighted by atomic mass is 16.2. The molecule has 0 radical (unpaired) electrons. The van der Waals surface area contributed by atoms with Gasteiger partial charge in [-0.3, -0.25) is 4.79 Å². The molecule has 1 heterocycles. The average Bonchev–Trinajstić information content (AvgIpc) is 2.68. The minimum atomic E-state index is 0.107. The lowest BCUT2D eigenvalue weighted by atomic mass is 10.1. The van der Waals surface area contributed by atoms with Gasteiger partial charge in [0.2, 0.25) is 5.91 Å². The maximum Gasteiger partial charge on any atom is 0.223 e. The highest BCUT2D eigenvalue weighted by Crippen LogP contribution is 2.21. The summed E-state index contributed by atoms with van der Waals surface area (Å²) in [7, 11) is 0. The normalized spacial score (nSPS) is 18.8. The van der Waals surface area contributed by atoms with Crippen molar-refractivity contribution in [3.8, 4) is 0 Å². The third-order valence-electron chi connectivity index (χ3n) is 3.02. The zero-order valence-electron chi connectivity index (χ0n) is 9.99. The summed E-state index contributed by atoms with van der Waals surface area (Å²) in [5.74, 6) is 0.241. The van der Waals surface area contributed by atoms with Gasteiger partial charge in [-0.05, 0) is 29.1 Å². The number of nitrogens with two attached hydrogens (primary N) is 1. The van der Waals surface area contributed by atoms with Crippen LogP contribution in [0, 0.1) is 5.92 Å². The number of hydrogen-bond acceptors (Lipinski definition) is 3. The Kier molecular flexibility index (Phi) is 3.69. The fraction of sp³-hybridized carbons (Fsp3) is 0.417. The molecule has 1 unspecified atom stereocenters. The smallest absolute Gasteiger partial charge is 0.223 e. The van der Waals surface area contributed by atoms with E-state index in [0.29, 0.717) is 31.7 Å². The van der Waals surface area contributed by atoms with Gasteiger partial charge in [0.1, 0.15) is 0 Å². The van der Waals surface area contributed by atoms with Crippen molar-refractivity contribution >= 4 is 11.6 Å². The van der Waals surface area contributed by atoms with Crippen molar-refractivity contribution in [3.05, 3.63) is 40.3 Å². The Bertz CT molecular complexity index is 495. The molecule has 1 amide bonds. The van der Waals surface area contributed by atoms with Gasteiger partial charge in [0, 0.05) is 36.7 Å². The molecule has 1 atom stereocenters. The first kappa shape index (κ1) is 12.3. The molecule has 1 aliphatic rings. The maximum absolute atomic E-state index is 11.8. The SMILES string of the molecule is [N-]=[N+]=NCC1CC(=O)N(Cc2cccc(N)c2)C1. The summed E-state index contributed by atoms with van der Waals surface area (Å²) in [5.41, 5.74) is 15.7. The Labute approximate surface area is 105 Å². The zero-order chi connectivity index (χ0) is 13.0. The summed E-state index contributed by atoms with van der Waals surface area (Å²) >= 11 is 0. The minimum Gasteiger partial charge on any atom is -0.399 e. The third-order valence-corrected chi connectivity index (χ3v) is 3.02.